The molecular weight excluding hydrogens is 302 g/mol. The Labute approximate surface area is 123 Å². The summed E-state index contributed by atoms with van der Waals surface area (Å²) in [6, 6.07) is 6.70. The SMILES string of the molecule is CC(C)Cc1c(CNC(C)C)oc2ccc(Br)cc12. The van der Waals surface area contributed by atoms with Crippen LogP contribution in [0, 0.1) is 5.92 Å². The smallest absolute Gasteiger partial charge is 0.134 e. The van der Waals surface area contributed by atoms with Gasteiger partial charge in [-0.05, 0) is 30.5 Å². The summed E-state index contributed by atoms with van der Waals surface area (Å²) in [5.74, 6) is 1.70. The van der Waals surface area contributed by atoms with Crippen LogP contribution in [0.3, 0.4) is 0 Å². The van der Waals surface area contributed by atoms with Crippen LogP contribution in [-0.2, 0) is 13.0 Å². The van der Waals surface area contributed by atoms with Crippen LogP contribution in [0.5, 0.6) is 0 Å². The highest BCUT2D eigenvalue weighted by Crippen LogP contribution is 2.30. The number of nitrogens with one attached hydrogen (secondary N) is 1. The summed E-state index contributed by atoms with van der Waals surface area (Å²) in [5, 5.41) is 4.68. The Bertz CT molecular complexity index is 557. The standard InChI is InChI=1S/C16H22BrNO/c1-10(2)7-13-14-8-12(17)5-6-15(14)19-16(13)9-18-11(3)4/h5-6,8,10-11,18H,7,9H2,1-4H3. The lowest BCUT2D eigenvalue weighted by atomic mass is 10.00. The molecule has 0 atom stereocenters. The molecular formula is C16H22BrNO. The van der Waals surface area contributed by atoms with Crippen LogP contribution in [0.15, 0.2) is 27.1 Å². The van der Waals surface area contributed by atoms with E-state index in [4.69, 9.17) is 4.42 Å². The second-order valence-corrected chi connectivity index (χ2v) is 6.69. The number of furan rings is 1. The van der Waals surface area contributed by atoms with Crippen LogP contribution in [0.25, 0.3) is 11.0 Å². The van der Waals surface area contributed by atoms with Crippen LogP contribution in [0.2, 0.25) is 0 Å². The van der Waals surface area contributed by atoms with Crippen molar-refractivity contribution in [2.24, 2.45) is 5.92 Å². The van der Waals surface area contributed by atoms with Crippen molar-refractivity contribution in [2.75, 3.05) is 0 Å². The van der Waals surface area contributed by atoms with E-state index in [-0.39, 0.29) is 0 Å². The highest BCUT2D eigenvalue weighted by Gasteiger charge is 2.15. The maximum absolute atomic E-state index is 6.02. The number of fused-ring (bicyclic) bond motifs is 1. The van der Waals surface area contributed by atoms with Gasteiger partial charge in [-0.15, -0.1) is 0 Å². The van der Waals surface area contributed by atoms with Crippen molar-refractivity contribution in [1.29, 1.82) is 0 Å². The highest BCUT2D eigenvalue weighted by atomic mass is 79.9. The van der Waals surface area contributed by atoms with E-state index in [9.17, 15) is 0 Å². The molecule has 1 N–H and O–H groups in total. The Balaban J connectivity index is 2.42. The van der Waals surface area contributed by atoms with Gasteiger partial charge < -0.3 is 9.73 Å². The first-order valence-electron chi connectivity index (χ1n) is 6.90. The predicted molar refractivity (Wildman–Crippen MR) is 84.4 cm³/mol. The summed E-state index contributed by atoms with van der Waals surface area (Å²) >= 11 is 3.55. The van der Waals surface area contributed by atoms with E-state index >= 15 is 0 Å². The lowest BCUT2D eigenvalue weighted by Crippen LogP contribution is -2.22. The molecule has 0 amide bonds. The van der Waals surface area contributed by atoms with Gasteiger partial charge in [-0.3, -0.25) is 0 Å². The second kappa shape index (κ2) is 6.10. The van der Waals surface area contributed by atoms with Crippen molar-refractivity contribution in [3.63, 3.8) is 0 Å². The number of hydrogen-bond acceptors (Lipinski definition) is 2. The Morgan fingerprint density at radius 3 is 2.58 bits per heavy atom. The number of rotatable bonds is 5. The lowest BCUT2D eigenvalue weighted by molar-refractivity contribution is 0.478. The van der Waals surface area contributed by atoms with Gasteiger partial charge in [-0.1, -0.05) is 43.6 Å². The number of hydrogen-bond donors (Lipinski definition) is 1. The van der Waals surface area contributed by atoms with E-state index in [0.717, 1.165) is 28.8 Å². The van der Waals surface area contributed by atoms with E-state index < -0.39 is 0 Å². The predicted octanol–water partition coefficient (Wildman–Crippen LogP) is 4.89. The van der Waals surface area contributed by atoms with Crippen LogP contribution in [0.1, 0.15) is 39.0 Å². The molecule has 0 unspecified atom stereocenters. The summed E-state index contributed by atoms with van der Waals surface area (Å²) < 4.78 is 7.13. The molecule has 1 aromatic heterocycles. The van der Waals surface area contributed by atoms with E-state index in [1.54, 1.807) is 0 Å². The van der Waals surface area contributed by atoms with Crippen LogP contribution < -0.4 is 5.32 Å². The topological polar surface area (TPSA) is 25.2 Å². The zero-order chi connectivity index (χ0) is 14.0. The number of halogens is 1. The molecule has 0 aliphatic rings. The molecule has 104 valence electrons. The Morgan fingerprint density at radius 2 is 1.95 bits per heavy atom. The molecule has 2 nitrogen and oxygen atoms in total. The Morgan fingerprint density at radius 1 is 1.21 bits per heavy atom. The van der Waals surface area contributed by atoms with Crippen molar-refractivity contribution in [1.82, 2.24) is 5.32 Å². The fourth-order valence-electron chi connectivity index (χ4n) is 2.24. The van der Waals surface area contributed by atoms with Crippen molar-refractivity contribution < 1.29 is 4.42 Å². The van der Waals surface area contributed by atoms with Gasteiger partial charge in [0.25, 0.3) is 0 Å². The van der Waals surface area contributed by atoms with Crippen molar-refractivity contribution in [3.8, 4) is 0 Å². The average molecular weight is 324 g/mol. The van der Waals surface area contributed by atoms with E-state index in [1.165, 1.54) is 10.9 Å². The normalized spacial score (nSPS) is 11.9. The molecule has 0 radical (unpaired) electrons. The molecule has 3 heteroatoms. The minimum atomic E-state index is 0.465. The van der Waals surface area contributed by atoms with Crippen LogP contribution in [-0.4, -0.2) is 6.04 Å². The largest absolute Gasteiger partial charge is 0.459 e. The maximum Gasteiger partial charge on any atom is 0.134 e. The Hall–Kier alpha value is -0.800. The van der Waals surface area contributed by atoms with Gasteiger partial charge >= 0.3 is 0 Å². The first-order chi connectivity index (χ1) is 8.97. The van der Waals surface area contributed by atoms with Gasteiger partial charge in [0.2, 0.25) is 0 Å². The fraction of sp³-hybridized carbons (Fsp3) is 0.500. The molecule has 2 aromatic rings. The van der Waals surface area contributed by atoms with Crippen LogP contribution >= 0.6 is 15.9 Å². The third kappa shape index (κ3) is 3.61. The summed E-state index contributed by atoms with van der Waals surface area (Å²) in [5.41, 5.74) is 2.33. The van der Waals surface area contributed by atoms with E-state index in [2.05, 4.69) is 55.0 Å². The van der Waals surface area contributed by atoms with Gasteiger partial charge in [-0.25, -0.2) is 0 Å². The average Bonchev–Trinajstić information content (AvgIpc) is 2.64. The first kappa shape index (κ1) is 14.6. The lowest BCUT2D eigenvalue weighted by Gasteiger charge is -2.09. The van der Waals surface area contributed by atoms with Gasteiger partial charge in [0.05, 0.1) is 6.54 Å². The zero-order valence-electron chi connectivity index (χ0n) is 12.1. The van der Waals surface area contributed by atoms with Crippen molar-refractivity contribution in [2.45, 2.75) is 46.7 Å². The monoisotopic (exact) mass is 323 g/mol. The molecule has 0 spiro atoms. The third-order valence-electron chi connectivity index (χ3n) is 3.12. The maximum atomic E-state index is 6.02. The number of benzene rings is 1. The first-order valence-corrected chi connectivity index (χ1v) is 7.70. The van der Waals surface area contributed by atoms with Gasteiger partial charge in [0, 0.05) is 21.5 Å². The molecule has 0 saturated carbocycles. The van der Waals surface area contributed by atoms with Crippen molar-refractivity contribution >= 4 is 26.9 Å². The van der Waals surface area contributed by atoms with Gasteiger partial charge in [-0.2, -0.15) is 0 Å². The third-order valence-corrected chi connectivity index (χ3v) is 3.61. The highest BCUT2D eigenvalue weighted by molar-refractivity contribution is 9.10. The molecule has 1 aromatic carbocycles. The Kier molecular flexibility index (Phi) is 4.69. The summed E-state index contributed by atoms with van der Waals surface area (Å²) in [4.78, 5) is 0. The molecule has 0 aliphatic heterocycles. The molecule has 19 heavy (non-hydrogen) atoms. The zero-order valence-corrected chi connectivity index (χ0v) is 13.7. The van der Waals surface area contributed by atoms with Gasteiger partial charge in [0.15, 0.2) is 0 Å². The fourth-order valence-corrected chi connectivity index (χ4v) is 2.60. The van der Waals surface area contributed by atoms with Crippen LogP contribution in [0.4, 0.5) is 0 Å². The quantitative estimate of drug-likeness (QED) is 0.847. The molecule has 2 rings (SSSR count). The van der Waals surface area contributed by atoms with Gasteiger partial charge in [0.1, 0.15) is 11.3 Å². The molecule has 0 aliphatic carbocycles. The minimum Gasteiger partial charge on any atom is -0.459 e. The summed E-state index contributed by atoms with van der Waals surface area (Å²) in [7, 11) is 0. The van der Waals surface area contributed by atoms with E-state index in [1.807, 2.05) is 12.1 Å². The van der Waals surface area contributed by atoms with Crippen molar-refractivity contribution in [3.05, 3.63) is 34.0 Å². The second-order valence-electron chi connectivity index (χ2n) is 5.78. The molecule has 0 bridgehead atoms. The molecule has 0 fully saturated rings. The van der Waals surface area contributed by atoms with E-state index in [0.29, 0.717) is 12.0 Å². The summed E-state index contributed by atoms with van der Waals surface area (Å²) in [6.45, 7) is 9.60. The molecule has 0 saturated heterocycles. The minimum absolute atomic E-state index is 0.465. The summed E-state index contributed by atoms with van der Waals surface area (Å²) in [6.07, 6.45) is 1.05. The molecule has 1 heterocycles.